The zero-order chi connectivity index (χ0) is 46.5. The highest BCUT2D eigenvalue weighted by Gasteiger charge is 2.38. The van der Waals surface area contributed by atoms with Crippen molar-refractivity contribution in [2.24, 2.45) is 5.41 Å². The standard InChI is InChI=1S/C50H61N11O5/c1-8-44(63)55-38-24-33(9-10-40(38)59-20-19-58(29-31(59)2)34-13-17-57(18-14-34)35-11-15-51-43(25-35)50(5,6)65)54-45-47(66-7)53-28-39(56-45)36-12-16-52-46(37(36)30-62)61-22-21-60-41(48(61)64)23-32-26-49(3,4)27-42(32)60/h8-12,15-16,23-25,28,31,34,62,65H,1,13-14,17-22,26-27,29-30H2,2-7H3,(H,54,56)(H,55,63)/t31-/m0/s1. The van der Waals surface area contributed by atoms with Crippen molar-refractivity contribution in [3.63, 3.8) is 0 Å². The van der Waals surface area contributed by atoms with Crippen LogP contribution in [0.25, 0.3) is 11.3 Å². The predicted molar refractivity (Wildman–Crippen MR) is 257 cm³/mol. The minimum absolute atomic E-state index is 0.142. The normalized spacial score (nSPS) is 18.8. The minimum atomic E-state index is -0.992. The van der Waals surface area contributed by atoms with Crippen LogP contribution >= 0.6 is 0 Å². The predicted octanol–water partition coefficient (Wildman–Crippen LogP) is 6.30. The monoisotopic (exact) mass is 895 g/mol. The fraction of sp³-hybridized carbons (Fsp3) is 0.440. The Kier molecular flexibility index (Phi) is 12.1. The number of piperidine rings is 1. The molecule has 2 amide bonds. The first-order valence-electron chi connectivity index (χ1n) is 23.0. The lowest BCUT2D eigenvalue weighted by molar-refractivity contribution is -0.111. The summed E-state index contributed by atoms with van der Waals surface area (Å²) in [6, 6.07) is 14.3. The smallest absolute Gasteiger partial charge is 0.276 e. The molecule has 16 nitrogen and oxygen atoms in total. The summed E-state index contributed by atoms with van der Waals surface area (Å²) < 4.78 is 7.82. The van der Waals surface area contributed by atoms with Gasteiger partial charge >= 0.3 is 0 Å². The molecule has 4 N–H and O–H groups in total. The van der Waals surface area contributed by atoms with Gasteiger partial charge in [0.2, 0.25) is 5.91 Å². The second-order valence-electron chi connectivity index (χ2n) is 19.3. The van der Waals surface area contributed by atoms with Crippen molar-refractivity contribution < 1.29 is 24.5 Å². The molecule has 0 spiro atoms. The van der Waals surface area contributed by atoms with Crippen LogP contribution in [0.15, 0.2) is 73.7 Å². The molecular formula is C50H61N11O5. The van der Waals surface area contributed by atoms with Gasteiger partial charge in [-0.15, -0.1) is 0 Å². The number of nitrogens with one attached hydrogen (secondary N) is 2. The van der Waals surface area contributed by atoms with E-state index in [0.29, 0.717) is 70.4 Å². The summed E-state index contributed by atoms with van der Waals surface area (Å²) in [7, 11) is 1.52. The summed E-state index contributed by atoms with van der Waals surface area (Å²) in [6.45, 7) is 19.1. The third-order valence-electron chi connectivity index (χ3n) is 13.7. The number of amides is 2. The average molecular weight is 896 g/mol. The molecule has 66 heavy (non-hydrogen) atoms. The number of carbonyl (C=O) groups is 2. The van der Waals surface area contributed by atoms with Crippen molar-refractivity contribution in [1.29, 1.82) is 0 Å². The molecule has 0 unspecified atom stereocenters. The van der Waals surface area contributed by atoms with Crippen LogP contribution in [0.4, 0.5) is 34.4 Å². The van der Waals surface area contributed by atoms with Crippen molar-refractivity contribution in [3.05, 3.63) is 102 Å². The number of aliphatic hydroxyl groups is 2. The molecular weight excluding hydrogens is 835 g/mol. The first kappa shape index (κ1) is 44.8. The molecule has 2 saturated heterocycles. The number of piperazine rings is 1. The lowest BCUT2D eigenvalue weighted by Gasteiger charge is -2.47. The molecule has 9 rings (SSSR count). The van der Waals surface area contributed by atoms with Gasteiger partial charge in [-0.05, 0) is 106 Å². The number of nitrogens with zero attached hydrogens (tertiary/aromatic N) is 9. The molecule has 7 heterocycles. The Morgan fingerprint density at radius 2 is 1.79 bits per heavy atom. The van der Waals surface area contributed by atoms with Gasteiger partial charge in [-0.3, -0.25) is 24.4 Å². The highest BCUT2D eigenvalue weighted by Crippen LogP contribution is 2.41. The first-order chi connectivity index (χ1) is 31.6. The highest BCUT2D eigenvalue weighted by atomic mass is 16.5. The van der Waals surface area contributed by atoms with Gasteiger partial charge in [-0.1, -0.05) is 20.4 Å². The molecule has 1 aliphatic carbocycles. The van der Waals surface area contributed by atoms with Crippen LogP contribution in [-0.2, 0) is 36.4 Å². The molecule has 0 bridgehead atoms. The van der Waals surface area contributed by atoms with Gasteiger partial charge in [0.15, 0.2) is 5.82 Å². The number of ether oxygens (including phenoxy) is 1. The number of carbonyl (C=O) groups excluding carboxylic acids is 2. The van der Waals surface area contributed by atoms with E-state index in [1.165, 1.54) is 24.4 Å². The average Bonchev–Trinajstić information content (AvgIpc) is 3.80. The van der Waals surface area contributed by atoms with Gasteiger partial charge in [0, 0.05) is 98.5 Å². The van der Waals surface area contributed by atoms with Crippen LogP contribution in [0.3, 0.4) is 0 Å². The Labute approximate surface area is 386 Å². The SMILES string of the molecule is C=CC(=O)Nc1cc(Nc2nc(-c3ccnc(N4CCn5c(cc6c5CC(C)(C)C6)C4=O)c3CO)cnc2OC)ccc1N1CCN(C2CCN(c3ccnc(C(C)(C)O)c3)CC2)C[C@@H]1C. The lowest BCUT2D eigenvalue weighted by Crippen LogP contribution is -2.57. The number of hydrogen-bond donors (Lipinski definition) is 4. The largest absolute Gasteiger partial charge is 0.478 e. The van der Waals surface area contributed by atoms with Crippen LogP contribution in [0.2, 0.25) is 0 Å². The van der Waals surface area contributed by atoms with Crippen molar-refractivity contribution >= 4 is 46.2 Å². The van der Waals surface area contributed by atoms with Gasteiger partial charge in [0.25, 0.3) is 11.8 Å². The first-order valence-corrected chi connectivity index (χ1v) is 23.0. The fourth-order valence-corrected chi connectivity index (χ4v) is 10.4. The van der Waals surface area contributed by atoms with Crippen LogP contribution in [-0.4, -0.2) is 110 Å². The molecule has 4 aliphatic rings. The Morgan fingerprint density at radius 1 is 1.00 bits per heavy atom. The lowest BCUT2D eigenvalue weighted by atomic mass is 9.90. The maximum absolute atomic E-state index is 14.0. The second-order valence-corrected chi connectivity index (χ2v) is 19.3. The third kappa shape index (κ3) is 8.72. The van der Waals surface area contributed by atoms with Crippen LogP contribution in [0.1, 0.15) is 80.5 Å². The zero-order valence-corrected chi connectivity index (χ0v) is 38.8. The molecule has 346 valence electrons. The van der Waals surface area contributed by atoms with E-state index in [4.69, 9.17) is 9.72 Å². The van der Waals surface area contributed by atoms with Gasteiger partial charge < -0.3 is 40.0 Å². The molecule has 1 aromatic carbocycles. The number of rotatable bonds is 12. The van der Waals surface area contributed by atoms with Crippen LogP contribution in [0.5, 0.6) is 5.88 Å². The summed E-state index contributed by atoms with van der Waals surface area (Å²) in [4.78, 5) is 54.5. The number of pyridine rings is 2. The number of anilines is 6. The Morgan fingerprint density at radius 3 is 2.52 bits per heavy atom. The summed E-state index contributed by atoms with van der Waals surface area (Å²) in [5.74, 6) is 0.495. The van der Waals surface area contributed by atoms with E-state index in [9.17, 15) is 19.8 Å². The van der Waals surface area contributed by atoms with Gasteiger partial charge in [-0.2, -0.15) is 0 Å². The quantitative estimate of drug-likeness (QED) is 0.103. The van der Waals surface area contributed by atoms with Crippen molar-refractivity contribution in [2.75, 3.05) is 71.7 Å². The number of aromatic nitrogens is 5. The number of aliphatic hydroxyl groups excluding tert-OH is 1. The van der Waals surface area contributed by atoms with Crippen molar-refractivity contribution in [2.45, 2.75) is 91.1 Å². The molecule has 16 heteroatoms. The fourth-order valence-electron chi connectivity index (χ4n) is 10.4. The highest BCUT2D eigenvalue weighted by molar-refractivity contribution is 6.06. The molecule has 0 radical (unpaired) electrons. The molecule has 4 aromatic heterocycles. The summed E-state index contributed by atoms with van der Waals surface area (Å²) in [5, 5.41) is 27.8. The maximum atomic E-state index is 14.0. The summed E-state index contributed by atoms with van der Waals surface area (Å²) >= 11 is 0. The summed E-state index contributed by atoms with van der Waals surface area (Å²) in [5.41, 5.74) is 7.74. The number of benzene rings is 1. The van der Waals surface area contributed by atoms with E-state index in [2.05, 4.69) is 72.2 Å². The van der Waals surface area contributed by atoms with Crippen LogP contribution < -0.4 is 30.1 Å². The van der Waals surface area contributed by atoms with E-state index in [1.54, 1.807) is 43.4 Å². The van der Waals surface area contributed by atoms with E-state index >= 15 is 0 Å². The van der Waals surface area contributed by atoms with E-state index < -0.39 is 5.60 Å². The number of fused-ring (bicyclic) bond motifs is 3. The van der Waals surface area contributed by atoms with E-state index in [0.717, 1.165) is 69.8 Å². The molecule has 3 aliphatic heterocycles. The minimum Gasteiger partial charge on any atom is -0.478 e. The molecule has 0 saturated carbocycles. The van der Waals surface area contributed by atoms with E-state index in [1.807, 2.05) is 36.4 Å². The third-order valence-corrected chi connectivity index (χ3v) is 13.7. The van der Waals surface area contributed by atoms with Crippen molar-refractivity contribution in [3.8, 4) is 17.1 Å². The zero-order valence-electron chi connectivity index (χ0n) is 38.8. The number of methoxy groups -OCH3 is 1. The molecule has 2 fully saturated rings. The maximum Gasteiger partial charge on any atom is 0.276 e. The second kappa shape index (κ2) is 17.8. The number of hydrogen-bond acceptors (Lipinski definition) is 13. The van der Waals surface area contributed by atoms with Crippen LogP contribution in [0, 0.1) is 5.41 Å². The topological polar surface area (TPSA) is 177 Å². The summed E-state index contributed by atoms with van der Waals surface area (Å²) in [6.07, 6.45) is 10.2. The van der Waals surface area contributed by atoms with E-state index in [-0.39, 0.29) is 35.8 Å². The van der Waals surface area contributed by atoms with Gasteiger partial charge in [0.05, 0.1) is 42.7 Å². The Balaban J connectivity index is 0.915. The molecule has 1 atom stereocenters. The van der Waals surface area contributed by atoms with Gasteiger partial charge in [0.1, 0.15) is 17.1 Å². The Hall–Kier alpha value is -6.36. The van der Waals surface area contributed by atoms with Crippen molar-refractivity contribution in [1.82, 2.24) is 29.4 Å². The van der Waals surface area contributed by atoms with Gasteiger partial charge in [-0.25, -0.2) is 15.0 Å². The molecule has 5 aromatic rings. The Bertz CT molecular complexity index is 2670.